The van der Waals surface area contributed by atoms with Gasteiger partial charge in [-0.2, -0.15) is 0 Å². The molecule has 0 bridgehead atoms. The van der Waals surface area contributed by atoms with Crippen LogP contribution in [0, 0.1) is 12.3 Å². The molecule has 0 saturated carbocycles. The maximum atomic E-state index is 9.66. The first-order chi connectivity index (χ1) is 9.18. The Morgan fingerprint density at radius 3 is 2.84 bits per heavy atom. The zero-order valence-corrected chi connectivity index (χ0v) is 11.1. The van der Waals surface area contributed by atoms with Crippen LogP contribution in [0.5, 0.6) is 0 Å². The summed E-state index contributed by atoms with van der Waals surface area (Å²) in [5.74, 6) is 0.664. The molecular formula is C14H18N2O3. The van der Waals surface area contributed by atoms with Gasteiger partial charge in [0, 0.05) is 13.0 Å². The molecule has 1 aromatic carbocycles. The smallest absolute Gasteiger partial charge is 0.192 e. The molecule has 1 aliphatic rings. The van der Waals surface area contributed by atoms with Crippen molar-refractivity contribution in [1.29, 1.82) is 0 Å². The molecule has 2 N–H and O–H groups in total. The van der Waals surface area contributed by atoms with Gasteiger partial charge < -0.3 is 19.6 Å². The lowest BCUT2D eigenvalue weighted by Crippen LogP contribution is -2.53. The van der Waals surface area contributed by atoms with Crippen LogP contribution in [0.25, 0.3) is 11.1 Å². The third kappa shape index (κ3) is 1.94. The lowest BCUT2D eigenvalue weighted by atomic mass is 9.76. The summed E-state index contributed by atoms with van der Waals surface area (Å²) in [7, 11) is 1.90. The number of aliphatic hydroxyl groups is 1. The Morgan fingerprint density at radius 2 is 2.26 bits per heavy atom. The normalized spacial score (nSPS) is 19.3. The molecule has 102 valence electrons. The van der Waals surface area contributed by atoms with Crippen LogP contribution in [0.2, 0.25) is 0 Å². The van der Waals surface area contributed by atoms with Gasteiger partial charge in [0.15, 0.2) is 11.5 Å². The summed E-state index contributed by atoms with van der Waals surface area (Å²) in [5.41, 5.74) is 2.50. The van der Waals surface area contributed by atoms with Crippen molar-refractivity contribution in [3.63, 3.8) is 0 Å². The van der Waals surface area contributed by atoms with E-state index in [1.54, 1.807) is 0 Å². The van der Waals surface area contributed by atoms with Crippen LogP contribution in [-0.4, -0.2) is 37.0 Å². The maximum absolute atomic E-state index is 9.66. The molecule has 0 aliphatic carbocycles. The number of nitrogens with one attached hydrogen (secondary N) is 1. The van der Waals surface area contributed by atoms with E-state index in [1.165, 1.54) is 0 Å². The number of hydrogen-bond donors (Lipinski definition) is 2. The van der Waals surface area contributed by atoms with Crippen molar-refractivity contribution in [3.8, 4) is 0 Å². The first kappa shape index (κ1) is 12.6. The van der Waals surface area contributed by atoms with Crippen molar-refractivity contribution in [2.24, 2.45) is 5.41 Å². The van der Waals surface area contributed by atoms with Gasteiger partial charge in [-0.25, -0.2) is 4.98 Å². The van der Waals surface area contributed by atoms with E-state index in [4.69, 9.17) is 9.15 Å². The zero-order chi connectivity index (χ0) is 13.5. The second-order valence-electron chi connectivity index (χ2n) is 5.20. The standard InChI is InChI=1S/C14H18N2O3/c1-9-16-11-5-10(3-4-12(11)19-9)13(15-2)14(6-17)7-18-8-14/h3-5,13,15,17H,6-8H2,1-2H3. The number of aliphatic hydroxyl groups excluding tert-OH is 1. The molecule has 1 unspecified atom stereocenters. The van der Waals surface area contributed by atoms with Gasteiger partial charge in [0.05, 0.1) is 25.2 Å². The average molecular weight is 262 g/mol. The molecular weight excluding hydrogens is 244 g/mol. The number of oxazole rings is 1. The molecule has 1 atom stereocenters. The highest BCUT2D eigenvalue weighted by atomic mass is 16.5. The highest BCUT2D eigenvalue weighted by Gasteiger charge is 2.45. The lowest BCUT2D eigenvalue weighted by Gasteiger charge is -2.46. The molecule has 1 aliphatic heterocycles. The fraction of sp³-hybridized carbons (Fsp3) is 0.500. The Bertz CT molecular complexity index is 584. The van der Waals surface area contributed by atoms with E-state index in [2.05, 4.69) is 10.3 Å². The van der Waals surface area contributed by atoms with E-state index in [1.807, 2.05) is 32.2 Å². The number of rotatable bonds is 4. The van der Waals surface area contributed by atoms with E-state index in [9.17, 15) is 5.11 Å². The summed E-state index contributed by atoms with van der Waals surface area (Å²) in [6.45, 7) is 3.09. The number of ether oxygens (including phenoxy) is 1. The van der Waals surface area contributed by atoms with Gasteiger partial charge in [0.1, 0.15) is 5.52 Å². The van der Waals surface area contributed by atoms with Crippen LogP contribution < -0.4 is 5.32 Å². The Hall–Kier alpha value is -1.43. The zero-order valence-electron chi connectivity index (χ0n) is 11.1. The molecule has 2 heterocycles. The van der Waals surface area contributed by atoms with E-state index in [0.717, 1.165) is 16.7 Å². The van der Waals surface area contributed by atoms with Crippen molar-refractivity contribution >= 4 is 11.1 Å². The first-order valence-corrected chi connectivity index (χ1v) is 6.41. The minimum Gasteiger partial charge on any atom is -0.441 e. The average Bonchev–Trinajstić information content (AvgIpc) is 2.72. The van der Waals surface area contributed by atoms with Crippen LogP contribution in [-0.2, 0) is 4.74 Å². The van der Waals surface area contributed by atoms with Crippen LogP contribution in [0.15, 0.2) is 22.6 Å². The van der Waals surface area contributed by atoms with Crippen LogP contribution >= 0.6 is 0 Å². The summed E-state index contributed by atoms with van der Waals surface area (Å²) < 4.78 is 10.8. The Morgan fingerprint density at radius 1 is 1.47 bits per heavy atom. The van der Waals surface area contributed by atoms with Gasteiger partial charge >= 0.3 is 0 Å². The minimum absolute atomic E-state index is 0.0488. The van der Waals surface area contributed by atoms with E-state index in [0.29, 0.717) is 19.1 Å². The Kier molecular flexibility index (Phi) is 3.05. The lowest BCUT2D eigenvalue weighted by molar-refractivity contribution is -0.155. The molecule has 5 heteroatoms. The highest BCUT2D eigenvalue weighted by molar-refractivity contribution is 5.73. The number of benzene rings is 1. The van der Waals surface area contributed by atoms with Crippen LogP contribution in [0.3, 0.4) is 0 Å². The fourth-order valence-electron chi connectivity index (χ4n) is 2.78. The largest absolute Gasteiger partial charge is 0.441 e. The molecule has 1 fully saturated rings. The summed E-state index contributed by atoms with van der Waals surface area (Å²) in [6.07, 6.45) is 0. The van der Waals surface area contributed by atoms with E-state index in [-0.39, 0.29) is 18.1 Å². The van der Waals surface area contributed by atoms with Crippen molar-refractivity contribution in [1.82, 2.24) is 10.3 Å². The second kappa shape index (κ2) is 4.59. The van der Waals surface area contributed by atoms with Crippen molar-refractivity contribution in [2.75, 3.05) is 26.9 Å². The molecule has 0 spiro atoms. The van der Waals surface area contributed by atoms with Gasteiger partial charge in [-0.05, 0) is 24.7 Å². The molecule has 0 radical (unpaired) electrons. The fourth-order valence-corrected chi connectivity index (χ4v) is 2.78. The van der Waals surface area contributed by atoms with Gasteiger partial charge in [-0.3, -0.25) is 0 Å². The maximum Gasteiger partial charge on any atom is 0.192 e. The Balaban J connectivity index is 2.01. The number of nitrogens with zero attached hydrogens (tertiary/aromatic N) is 1. The van der Waals surface area contributed by atoms with Crippen molar-refractivity contribution in [2.45, 2.75) is 13.0 Å². The molecule has 3 rings (SSSR count). The molecule has 1 saturated heterocycles. The second-order valence-corrected chi connectivity index (χ2v) is 5.20. The molecule has 2 aromatic rings. The highest BCUT2D eigenvalue weighted by Crippen LogP contribution is 2.40. The minimum atomic E-state index is -0.235. The molecule has 1 aromatic heterocycles. The Labute approximate surface area is 111 Å². The van der Waals surface area contributed by atoms with E-state index < -0.39 is 0 Å². The summed E-state index contributed by atoms with van der Waals surface area (Å²) in [4.78, 5) is 4.35. The summed E-state index contributed by atoms with van der Waals surface area (Å²) >= 11 is 0. The molecule has 5 nitrogen and oxygen atoms in total. The van der Waals surface area contributed by atoms with Crippen LogP contribution in [0.4, 0.5) is 0 Å². The number of aryl methyl sites for hydroxylation is 1. The first-order valence-electron chi connectivity index (χ1n) is 6.41. The number of aromatic nitrogens is 1. The summed E-state index contributed by atoms with van der Waals surface area (Å²) in [5, 5.41) is 12.9. The van der Waals surface area contributed by atoms with Crippen molar-refractivity contribution in [3.05, 3.63) is 29.7 Å². The predicted octanol–water partition coefficient (Wildman–Crippen LogP) is 1.41. The van der Waals surface area contributed by atoms with Gasteiger partial charge in [-0.15, -0.1) is 0 Å². The number of hydrogen-bond acceptors (Lipinski definition) is 5. The third-order valence-corrected chi connectivity index (χ3v) is 3.85. The van der Waals surface area contributed by atoms with Crippen molar-refractivity contribution < 1.29 is 14.3 Å². The molecule has 19 heavy (non-hydrogen) atoms. The monoisotopic (exact) mass is 262 g/mol. The third-order valence-electron chi connectivity index (χ3n) is 3.85. The SMILES string of the molecule is CNC(c1ccc2oc(C)nc2c1)C1(CO)COC1. The number of fused-ring (bicyclic) bond motifs is 1. The van der Waals surface area contributed by atoms with E-state index >= 15 is 0 Å². The summed E-state index contributed by atoms with van der Waals surface area (Å²) in [6, 6.07) is 6.01. The predicted molar refractivity (Wildman–Crippen MR) is 70.9 cm³/mol. The van der Waals surface area contributed by atoms with Gasteiger partial charge in [0.25, 0.3) is 0 Å². The quantitative estimate of drug-likeness (QED) is 0.872. The topological polar surface area (TPSA) is 67.5 Å². The van der Waals surface area contributed by atoms with Gasteiger partial charge in [0.2, 0.25) is 0 Å². The van der Waals surface area contributed by atoms with Gasteiger partial charge in [-0.1, -0.05) is 6.07 Å². The molecule has 0 amide bonds. The van der Waals surface area contributed by atoms with Crippen LogP contribution in [0.1, 0.15) is 17.5 Å².